The van der Waals surface area contributed by atoms with Crippen LogP contribution in [-0.4, -0.2) is 50.8 Å². The number of hydrogen-bond acceptors (Lipinski definition) is 4. The van der Waals surface area contributed by atoms with Gasteiger partial charge in [-0.15, -0.1) is 0 Å². The predicted octanol–water partition coefficient (Wildman–Crippen LogP) is 4.17. The summed E-state index contributed by atoms with van der Waals surface area (Å²) < 4.78 is 3.33. The van der Waals surface area contributed by atoms with Crippen LogP contribution in [0.4, 0.5) is 0 Å². The molecule has 0 saturated carbocycles. The summed E-state index contributed by atoms with van der Waals surface area (Å²) in [6.45, 7) is 5.52. The van der Waals surface area contributed by atoms with Crippen LogP contribution in [0.3, 0.4) is 0 Å². The highest BCUT2D eigenvalue weighted by atomic mass is 16.2. The molecule has 0 aliphatic carbocycles. The number of nitrogens with zero attached hydrogens (tertiary/aromatic N) is 4. The van der Waals surface area contributed by atoms with E-state index in [4.69, 9.17) is 0 Å². The number of carbonyl (C=O) groups is 1. The Hall–Kier alpha value is -3.45. The largest absolute Gasteiger partial charge is 0.354 e. The molecule has 7 nitrogen and oxygen atoms in total. The average molecular weight is 486 g/mol. The number of rotatable bonds is 9. The summed E-state index contributed by atoms with van der Waals surface area (Å²) in [7, 11) is 0. The molecule has 1 aliphatic rings. The van der Waals surface area contributed by atoms with Crippen molar-refractivity contribution in [1.29, 1.82) is 0 Å². The van der Waals surface area contributed by atoms with Crippen LogP contribution in [-0.2, 0) is 17.9 Å². The number of amides is 1. The van der Waals surface area contributed by atoms with Gasteiger partial charge in [-0.1, -0.05) is 61.9 Å². The zero-order valence-corrected chi connectivity index (χ0v) is 21.0. The molecule has 0 bridgehead atoms. The molecule has 3 heterocycles. The van der Waals surface area contributed by atoms with Gasteiger partial charge in [0.15, 0.2) is 0 Å². The van der Waals surface area contributed by atoms with Crippen molar-refractivity contribution in [3.63, 3.8) is 0 Å². The van der Waals surface area contributed by atoms with Gasteiger partial charge < -0.3 is 14.8 Å². The Morgan fingerprint density at radius 3 is 2.69 bits per heavy atom. The molecule has 0 radical (unpaired) electrons. The lowest BCUT2D eigenvalue weighted by Gasteiger charge is -2.35. The fraction of sp³-hybridized carbons (Fsp3) is 0.414. The highest BCUT2D eigenvalue weighted by Gasteiger charge is 2.20. The molecule has 1 fully saturated rings. The highest BCUT2D eigenvalue weighted by molar-refractivity contribution is 6.07. The minimum absolute atomic E-state index is 0.0804. The molecule has 1 atom stereocenters. The van der Waals surface area contributed by atoms with Crippen LogP contribution in [0.2, 0.25) is 0 Å². The summed E-state index contributed by atoms with van der Waals surface area (Å²) in [6, 6.07) is 18.8. The number of para-hydroxylation sites is 1. The fourth-order valence-corrected chi connectivity index (χ4v) is 5.56. The van der Waals surface area contributed by atoms with E-state index in [1.165, 1.54) is 30.4 Å². The van der Waals surface area contributed by atoms with Crippen LogP contribution < -0.4 is 10.9 Å². The zero-order valence-electron chi connectivity index (χ0n) is 21.0. The van der Waals surface area contributed by atoms with Crippen molar-refractivity contribution in [2.24, 2.45) is 0 Å². The van der Waals surface area contributed by atoms with E-state index in [1.807, 2.05) is 47.0 Å². The van der Waals surface area contributed by atoms with Gasteiger partial charge in [0, 0.05) is 42.0 Å². The average Bonchev–Trinajstić information content (AvgIpc) is 3.23. The van der Waals surface area contributed by atoms with Crippen LogP contribution in [0, 0.1) is 0 Å². The van der Waals surface area contributed by atoms with E-state index < -0.39 is 0 Å². The smallest absolute Gasteiger partial charge is 0.291 e. The van der Waals surface area contributed by atoms with E-state index in [9.17, 15) is 9.59 Å². The first-order valence-electron chi connectivity index (χ1n) is 13.2. The van der Waals surface area contributed by atoms with Gasteiger partial charge in [0.2, 0.25) is 5.91 Å². The molecule has 188 valence electrons. The van der Waals surface area contributed by atoms with Gasteiger partial charge in [-0.3, -0.25) is 9.59 Å². The molecule has 1 saturated heterocycles. The fourth-order valence-electron chi connectivity index (χ4n) is 5.56. The van der Waals surface area contributed by atoms with Gasteiger partial charge in [-0.05, 0) is 43.9 Å². The molecule has 1 amide bonds. The number of fused-ring (bicyclic) bond motifs is 3. The summed E-state index contributed by atoms with van der Waals surface area (Å²) in [5.41, 5.74) is 2.44. The number of aromatic nitrogens is 3. The van der Waals surface area contributed by atoms with Gasteiger partial charge >= 0.3 is 0 Å². The maximum absolute atomic E-state index is 13.5. The lowest BCUT2D eigenvalue weighted by molar-refractivity contribution is -0.121. The Bertz CT molecular complexity index is 1390. The molecule has 5 rings (SSSR count). The Morgan fingerprint density at radius 1 is 1.06 bits per heavy atom. The minimum Gasteiger partial charge on any atom is -0.354 e. The lowest BCUT2D eigenvalue weighted by atomic mass is 10.00. The van der Waals surface area contributed by atoms with Gasteiger partial charge in [-0.2, -0.15) is 5.10 Å². The van der Waals surface area contributed by atoms with Gasteiger partial charge in [0.1, 0.15) is 12.1 Å². The van der Waals surface area contributed by atoms with Crippen molar-refractivity contribution in [2.45, 2.75) is 58.2 Å². The maximum Gasteiger partial charge on any atom is 0.291 e. The van der Waals surface area contributed by atoms with Crippen molar-refractivity contribution in [1.82, 2.24) is 24.6 Å². The molecule has 0 spiro atoms. The molecular weight excluding hydrogens is 450 g/mol. The number of hydrogen-bond donors (Lipinski definition) is 1. The quantitative estimate of drug-likeness (QED) is 0.361. The van der Waals surface area contributed by atoms with Crippen LogP contribution >= 0.6 is 0 Å². The Morgan fingerprint density at radius 2 is 1.86 bits per heavy atom. The first kappa shape index (κ1) is 24.3. The number of likely N-dealkylation sites (tertiary alicyclic amines) is 1. The standard InChI is InChI=1S/C29H35N5O2/c1-2-23-13-8-9-17-32(23)18-10-16-30-27(35)21-34-29(36)28-25(19-31-34)24-14-6-7-15-26(24)33(28)20-22-11-4-3-5-12-22/h3-7,11-12,14-15,19,23H,2,8-10,13,16-18,20-21H2,1H3,(H,30,35)/t23-/m0/s1. The van der Waals surface area contributed by atoms with E-state index in [0.717, 1.165) is 41.4 Å². The molecule has 1 N–H and O–H groups in total. The van der Waals surface area contributed by atoms with Crippen molar-refractivity contribution < 1.29 is 4.79 Å². The lowest BCUT2D eigenvalue weighted by Crippen LogP contribution is -2.41. The number of carbonyl (C=O) groups excluding carboxylic acids is 1. The summed E-state index contributed by atoms with van der Waals surface area (Å²) >= 11 is 0. The molecule has 4 aromatic rings. The molecular formula is C29H35N5O2. The first-order chi connectivity index (χ1) is 17.7. The zero-order chi connectivity index (χ0) is 24.9. The topological polar surface area (TPSA) is 72.2 Å². The minimum atomic E-state index is -0.242. The molecule has 2 aromatic carbocycles. The van der Waals surface area contributed by atoms with Gasteiger partial charge in [0.25, 0.3) is 5.56 Å². The van der Waals surface area contributed by atoms with E-state index in [0.29, 0.717) is 24.6 Å². The van der Waals surface area contributed by atoms with E-state index in [1.54, 1.807) is 6.20 Å². The molecule has 7 heteroatoms. The Kier molecular flexibility index (Phi) is 7.47. The van der Waals surface area contributed by atoms with Crippen molar-refractivity contribution in [2.75, 3.05) is 19.6 Å². The molecule has 0 unspecified atom stereocenters. The predicted molar refractivity (Wildman–Crippen MR) is 144 cm³/mol. The van der Waals surface area contributed by atoms with E-state index >= 15 is 0 Å². The number of piperidine rings is 1. The third-order valence-corrected chi connectivity index (χ3v) is 7.41. The molecule has 36 heavy (non-hydrogen) atoms. The summed E-state index contributed by atoms with van der Waals surface area (Å²) in [5.74, 6) is -0.180. The van der Waals surface area contributed by atoms with Crippen LogP contribution in [0.15, 0.2) is 65.6 Å². The van der Waals surface area contributed by atoms with Crippen molar-refractivity contribution in [3.05, 3.63) is 76.7 Å². The van der Waals surface area contributed by atoms with Crippen molar-refractivity contribution >= 4 is 27.7 Å². The number of benzene rings is 2. The Balaban J connectivity index is 1.31. The van der Waals surface area contributed by atoms with Crippen LogP contribution in [0.1, 0.15) is 44.6 Å². The summed E-state index contributed by atoms with van der Waals surface area (Å²) in [6.07, 6.45) is 7.68. The summed E-state index contributed by atoms with van der Waals surface area (Å²) in [4.78, 5) is 28.8. The van der Waals surface area contributed by atoms with Gasteiger partial charge in [-0.25, -0.2) is 4.68 Å². The SMILES string of the molecule is CC[C@H]1CCCCN1CCCNC(=O)Cn1ncc2c3ccccc3n(Cc3ccccc3)c2c1=O. The second kappa shape index (κ2) is 11.1. The summed E-state index contributed by atoms with van der Waals surface area (Å²) in [5, 5.41) is 9.16. The van der Waals surface area contributed by atoms with Gasteiger partial charge in [0.05, 0.1) is 6.20 Å². The van der Waals surface area contributed by atoms with Crippen LogP contribution in [0.25, 0.3) is 21.8 Å². The second-order valence-corrected chi connectivity index (χ2v) is 9.76. The molecule has 1 aliphatic heterocycles. The third-order valence-electron chi connectivity index (χ3n) is 7.41. The van der Waals surface area contributed by atoms with Crippen LogP contribution in [0.5, 0.6) is 0 Å². The highest BCUT2D eigenvalue weighted by Crippen LogP contribution is 2.27. The monoisotopic (exact) mass is 485 g/mol. The third kappa shape index (κ3) is 5.07. The van der Waals surface area contributed by atoms with E-state index in [2.05, 4.69) is 34.4 Å². The Labute approximate surface area is 211 Å². The number of nitrogens with one attached hydrogen (secondary N) is 1. The normalized spacial score (nSPS) is 16.5. The maximum atomic E-state index is 13.5. The van der Waals surface area contributed by atoms with Crippen molar-refractivity contribution in [3.8, 4) is 0 Å². The first-order valence-corrected chi connectivity index (χ1v) is 13.2. The second-order valence-electron chi connectivity index (χ2n) is 9.76. The van der Waals surface area contributed by atoms with E-state index in [-0.39, 0.29) is 18.0 Å². The molecule has 2 aromatic heterocycles.